The van der Waals surface area contributed by atoms with Crippen molar-refractivity contribution < 1.29 is 13.6 Å². The van der Waals surface area contributed by atoms with Crippen molar-refractivity contribution in [1.29, 1.82) is 0 Å². The third-order valence-electron chi connectivity index (χ3n) is 2.78. The second-order valence-corrected chi connectivity index (χ2v) is 4.84. The van der Waals surface area contributed by atoms with Crippen molar-refractivity contribution in [3.63, 3.8) is 0 Å². The Balaban J connectivity index is 2.27. The van der Waals surface area contributed by atoms with Gasteiger partial charge in [0, 0.05) is 12.0 Å². The number of aryl methyl sites for hydroxylation is 1. The average Bonchev–Trinajstić information content (AvgIpc) is 2.82. The highest BCUT2D eigenvalue weighted by Crippen LogP contribution is 2.21. The summed E-state index contributed by atoms with van der Waals surface area (Å²) in [6, 6.07) is 5.50. The first-order valence-corrected chi connectivity index (χ1v) is 6.54. The summed E-state index contributed by atoms with van der Waals surface area (Å²) in [5, 5.41) is 1.82. The maximum Gasteiger partial charge on any atom is 0.177 e. The fourth-order valence-corrected chi connectivity index (χ4v) is 2.74. The van der Waals surface area contributed by atoms with E-state index in [2.05, 4.69) is 0 Å². The van der Waals surface area contributed by atoms with Crippen molar-refractivity contribution in [2.45, 2.75) is 19.8 Å². The van der Waals surface area contributed by atoms with Crippen LogP contribution >= 0.6 is 11.3 Å². The summed E-state index contributed by atoms with van der Waals surface area (Å²) in [5.41, 5.74) is 0.778. The molecular formula is C14H12F2OS. The molecule has 0 atom stereocenters. The fourth-order valence-electron chi connectivity index (χ4n) is 1.80. The first kappa shape index (κ1) is 12.9. The number of benzene rings is 1. The molecule has 0 unspecified atom stereocenters. The molecule has 0 spiro atoms. The lowest BCUT2D eigenvalue weighted by Gasteiger charge is -2.04. The molecule has 2 aromatic rings. The maximum absolute atomic E-state index is 13.4. The van der Waals surface area contributed by atoms with Crippen molar-refractivity contribution >= 4 is 17.1 Å². The Morgan fingerprint density at radius 3 is 2.50 bits per heavy atom. The summed E-state index contributed by atoms with van der Waals surface area (Å²) in [5.74, 6) is -1.57. The number of halogens is 2. The van der Waals surface area contributed by atoms with Gasteiger partial charge in [-0.1, -0.05) is 13.0 Å². The van der Waals surface area contributed by atoms with Crippen molar-refractivity contribution in [2.75, 3.05) is 0 Å². The summed E-state index contributed by atoms with van der Waals surface area (Å²) in [7, 11) is 0. The standard InChI is InChI=1S/C14H12F2OS/c1-2-9-6-7-18-14(9)13(17)8-10-11(15)4-3-5-12(10)16/h3-7H,2,8H2,1H3. The lowest BCUT2D eigenvalue weighted by molar-refractivity contribution is 0.0993. The van der Waals surface area contributed by atoms with E-state index >= 15 is 0 Å². The minimum Gasteiger partial charge on any atom is -0.293 e. The van der Waals surface area contributed by atoms with Crippen molar-refractivity contribution in [2.24, 2.45) is 0 Å². The topological polar surface area (TPSA) is 17.1 Å². The van der Waals surface area contributed by atoms with E-state index in [0.717, 1.165) is 12.0 Å². The third kappa shape index (κ3) is 2.48. The van der Waals surface area contributed by atoms with Gasteiger partial charge in [0.15, 0.2) is 5.78 Å². The lowest BCUT2D eigenvalue weighted by Crippen LogP contribution is -2.07. The number of Topliss-reactive ketones (excluding diaryl/α,β-unsaturated/α-hetero) is 1. The van der Waals surface area contributed by atoms with Crippen LogP contribution in [-0.2, 0) is 12.8 Å². The van der Waals surface area contributed by atoms with Crippen LogP contribution in [0.25, 0.3) is 0 Å². The van der Waals surface area contributed by atoms with Gasteiger partial charge in [0.25, 0.3) is 0 Å². The Hall–Kier alpha value is -1.55. The average molecular weight is 266 g/mol. The van der Waals surface area contributed by atoms with Gasteiger partial charge in [0.1, 0.15) is 11.6 Å². The molecule has 94 valence electrons. The summed E-state index contributed by atoms with van der Waals surface area (Å²) >= 11 is 1.32. The van der Waals surface area contributed by atoms with Crippen LogP contribution in [0.15, 0.2) is 29.6 Å². The van der Waals surface area contributed by atoms with Crippen LogP contribution in [0.4, 0.5) is 8.78 Å². The zero-order valence-electron chi connectivity index (χ0n) is 9.87. The maximum atomic E-state index is 13.4. The van der Waals surface area contributed by atoms with Crippen LogP contribution in [-0.4, -0.2) is 5.78 Å². The fraction of sp³-hybridized carbons (Fsp3) is 0.214. The Labute approximate surface area is 108 Å². The number of hydrogen-bond donors (Lipinski definition) is 0. The summed E-state index contributed by atoms with van der Waals surface area (Å²) in [6.45, 7) is 1.95. The SMILES string of the molecule is CCc1ccsc1C(=O)Cc1c(F)cccc1F. The Morgan fingerprint density at radius 2 is 1.89 bits per heavy atom. The largest absolute Gasteiger partial charge is 0.293 e. The highest BCUT2D eigenvalue weighted by Gasteiger charge is 2.17. The molecule has 0 fully saturated rings. The van der Waals surface area contributed by atoms with Crippen LogP contribution in [0.2, 0.25) is 0 Å². The van der Waals surface area contributed by atoms with E-state index in [1.807, 2.05) is 18.4 Å². The van der Waals surface area contributed by atoms with Crippen LogP contribution in [0.5, 0.6) is 0 Å². The van der Waals surface area contributed by atoms with E-state index < -0.39 is 11.6 Å². The number of hydrogen-bond acceptors (Lipinski definition) is 2. The number of rotatable bonds is 4. The molecule has 18 heavy (non-hydrogen) atoms. The van der Waals surface area contributed by atoms with E-state index in [4.69, 9.17) is 0 Å². The second-order valence-electron chi connectivity index (χ2n) is 3.93. The predicted octanol–water partition coefficient (Wildman–Crippen LogP) is 4.01. The molecule has 1 nitrogen and oxygen atoms in total. The van der Waals surface area contributed by atoms with Crippen LogP contribution < -0.4 is 0 Å². The molecule has 2 rings (SSSR count). The van der Waals surface area contributed by atoms with Gasteiger partial charge in [-0.25, -0.2) is 8.78 Å². The van der Waals surface area contributed by atoms with Crippen molar-refractivity contribution in [3.8, 4) is 0 Å². The van der Waals surface area contributed by atoms with E-state index in [0.29, 0.717) is 4.88 Å². The summed E-state index contributed by atoms with van der Waals surface area (Å²) in [4.78, 5) is 12.6. The van der Waals surface area contributed by atoms with Gasteiger partial charge in [0.05, 0.1) is 4.88 Å². The number of thiophene rings is 1. The molecule has 1 heterocycles. The molecular weight excluding hydrogens is 254 g/mol. The minimum absolute atomic E-state index is 0.155. The Morgan fingerprint density at radius 1 is 1.22 bits per heavy atom. The molecule has 0 bridgehead atoms. The molecule has 0 N–H and O–H groups in total. The zero-order valence-corrected chi connectivity index (χ0v) is 10.7. The molecule has 0 aliphatic carbocycles. The molecule has 0 aliphatic rings. The molecule has 1 aromatic carbocycles. The Bertz CT molecular complexity index is 555. The van der Waals surface area contributed by atoms with E-state index in [1.165, 1.54) is 29.5 Å². The molecule has 0 aliphatic heterocycles. The highest BCUT2D eigenvalue weighted by molar-refractivity contribution is 7.12. The van der Waals surface area contributed by atoms with Crippen LogP contribution in [0.3, 0.4) is 0 Å². The summed E-state index contributed by atoms with van der Waals surface area (Å²) < 4.78 is 26.9. The monoisotopic (exact) mass is 266 g/mol. The molecule has 0 saturated heterocycles. The van der Waals surface area contributed by atoms with Gasteiger partial charge in [-0.2, -0.15) is 0 Å². The van der Waals surface area contributed by atoms with E-state index in [-0.39, 0.29) is 17.8 Å². The minimum atomic E-state index is -0.669. The van der Waals surface area contributed by atoms with Crippen molar-refractivity contribution in [1.82, 2.24) is 0 Å². The number of carbonyl (C=O) groups excluding carboxylic acids is 1. The lowest BCUT2D eigenvalue weighted by atomic mass is 10.0. The second kappa shape index (κ2) is 5.40. The summed E-state index contributed by atoms with van der Waals surface area (Å²) in [6.07, 6.45) is 0.510. The van der Waals surface area contributed by atoms with Gasteiger partial charge >= 0.3 is 0 Å². The molecule has 0 radical (unpaired) electrons. The van der Waals surface area contributed by atoms with Gasteiger partial charge in [-0.05, 0) is 35.6 Å². The molecule has 0 amide bonds. The van der Waals surface area contributed by atoms with Crippen LogP contribution in [0, 0.1) is 11.6 Å². The highest BCUT2D eigenvalue weighted by atomic mass is 32.1. The molecule has 1 aromatic heterocycles. The van der Waals surface area contributed by atoms with Gasteiger partial charge in [-0.15, -0.1) is 11.3 Å². The smallest absolute Gasteiger partial charge is 0.177 e. The van der Waals surface area contributed by atoms with Gasteiger partial charge in [0.2, 0.25) is 0 Å². The first-order valence-electron chi connectivity index (χ1n) is 5.66. The van der Waals surface area contributed by atoms with E-state index in [1.54, 1.807) is 0 Å². The van der Waals surface area contributed by atoms with Gasteiger partial charge in [-0.3, -0.25) is 4.79 Å². The predicted molar refractivity (Wildman–Crippen MR) is 68.1 cm³/mol. The van der Waals surface area contributed by atoms with Gasteiger partial charge < -0.3 is 0 Å². The Kier molecular flexibility index (Phi) is 3.87. The van der Waals surface area contributed by atoms with Crippen molar-refractivity contribution in [3.05, 3.63) is 57.3 Å². The molecule has 4 heteroatoms. The molecule has 0 saturated carbocycles. The normalized spacial score (nSPS) is 10.6. The van der Waals surface area contributed by atoms with E-state index in [9.17, 15) is 13.6 Å². The third-order valence-corrected chi connectivity index (χ3v) is 3.78. The number of carbonyl (C=O) groups is 1. The quantitative estimate of drug-likeness (QED) is 0.764. The number of ketones is 1. The zero-order chi connectivity index (χ0) is 13.1. The van der Waals surface area contributed by atoms with Crippen LogP contribution in [0.1, 0.15) is 27.7 Å². The first-order chi connectivity index (χ1) is 8.63.